The fourth-order valence-electron chi connectivity index (χ4n) is 3.25. The number of nitrogens with two attached hydrogens (primary N) is 1. The second-order valence-electron chi connectivity index (χ2n) is 6.45. The Hall–Kier alpha value is -0.900. The minimum absolute atomic E-state index is 0.334. The zero-order valence-electron chi connectivity index (χ0n) is 13.4. The molecule has 112 valence electrons. The van der Waals surface area contributed by atoms with Crippen LogP contribution in [0.25, 0.3) is 0 Å². The molecule has 0 bridgehead atoms. The van der Waals surface area contributed by atoms with E-state index in [4.69, 9.17) is 5.73 Å². The Morgan fingerprint density at radius 2 is 2.10 bits per heavy atom. The van der Waals surface area contributed by atoms with Gasteiger partial charge in [0.1, 0.15) is 0 Å². The van der Waals surface area contributed by atoms with Crippen molar-refractivity contribution in [3.63, 3.8) is 0 Å². The average molecular weight is 275 g/mol. The lowest BCUT2D eigenvalue weighted by molar-refractivity contribution is 0.211. The first-order chi connectivity index (χ1) is 9.51. The Kier molecular flexibility index (Phi) is 5.19. The van der Waals surface area contributed by atoms with E-state index in [0.29, 0.717) is 12.6 Å². The van der Waals surface area contributed by atoms with Gasteiger partial charge in [0, 0.05) is 25.7 Å². The van der Waals surface area contributed by atoms with E-state index in [-0.39, 0.29) is 0 Å². The summed E-state index contributed by atoms with van der Waals surface area (Å²) in [4.78, 5) is 4.86. The predicted molar refractivity (Wildman–Crippen MR) is 85.9 cm³/mol. The summed E-state index contributed by atoms with van der Waals surface area (Å²) in [5, 5.41) is 0. The standard InChI is InChI=1S/C17H29N3/c1-13-5-6-16(9-14(13)2)17(10-18)20(4)12-15-7-8-19(3)11-15/h5-6,9,15,17H,7-8,10-12,18H2,1-4H3. The molecule has 0 amide bonds. The monoisotopic (exact) mass is 275 g/mol. The molecule has 1 heterocycles. The molecule has 3 heteroatoms. The van der Waals surface area contributed by atoms with Crippen molar-refractivity contribution in [2.24, 2.45) is 11.7 Å². The number of hydrogen-bond acceptors (Lipinski definition) is 3. The van der Waals surface area contributed by atoms with Gasteiger partial charge >= 0.3 is 0 Å². The molecule has 1 aromatic rings. The fraction of sp³-hybridized carbons (Fsp3) is 0.647. The lowest BCUT2D eigenvalue weighted by Crippen LogP contribution is -2.35. The number of nitrogens with zero attached hydrogens (tertiary/aromatic N) is 2. The van der Waals surface area contributed by atoms with Gasteiger partial charge in [0.15, 0.2) is 0 Å². The number of likely N-dealkylation sites (N-methyl/N-ethyl adjacent to an activating group) is 1. The topological polar surface area (TPSA) is 32.5 Å². The third-order valence-corrected chi connectivity index (χ3v) is 4.71. The van der Waals surface area contributed by atoms with Gasteiger partial charge in [-0.3, -0.25) is 4.90 Å². The van der Waals surface area contributed by atoms with Crippen LogP contribution in [0.1, 0.15) is 29.2 Å². The Morgan fingerprint density at radius 3 is 2.65 bits per heavy atom. The maximum atomic E-state index is 6.04. The van der Waals surface area contributed by atoms with E-state index in [1.165, 1.54) is 36.2 Å². The number of hydrogen-bond donors (Lipinski definition) is 1. The van der Waals surface area contributed by atoms with E-state index < -0.39 is 0 Å². The molecular weight excluding hydrogens is 246 g/mol. The van der Waals surface area contributed by atoms with Crippen molar-refractivity contribution in [1.82, 2.24) is 9.80 Å². The van der Waals surface area contributed by atoms with Gasteiger partial charge in [-0.05, 0) is 63.5 Å². The molecule has 1 saturated heterocycles. The number of likely N-dealkylation sites (tertiary alicyclic amines) is 1. The Morgan fingerprint density at radius 1 is 1.35 bits per heavy atom. The first-order valence-corrected chi connectivity index (χ1v) is 7.67. The highest BCUT2D eigenvalue weighted by atomic mass is 15.2. The normalized spacial score (nSPS) is 21.6. The number of aryl methyl sites for hydroxylation is 2. The maximum Gasteiger partial charge on any atom is 0.0467 e. The van der Waals surface area contributed by atoms with Crippen LogP contribution in [0.5, 0.6) is 0 Å². The fourth-order valence-corrected chi connectivity index (χ4v) is 3.25. The maximum absolute atomic E-state index is 6.04. The van der Waals surface area contributed by atoms with Crippen LogP contribution < -0.4 is 5.73 Å². The molecule has 2 unspecified atom stereocenters. The van der Waals surface area contributed by atoms with Crippen molar-refractivity contribution >= 4 is 0 Å². The molecule has 0 saturated carbocycles. The minimum atomic E-state index is 0.334. The van der Waals surface area contributed by atoms with E-state index in [9.17, 15) is 0 Å². The summed E-state index contributed by atoms with van der Waals surface area (Å²) in [6.07, 6.45) is 1.31. The summed E-state index contributed by atoms with van der Waals surface area (Å²) in [7, 11) is 4.43. The van der Waals surface area contributed by atoms with Gasteiger partial charge in [-0.25, -0.2) is 0 Å². The summed E-state index contributed by atoms with van der Waals surface area (Å²) >= 11 is 0. The molecule has 2 rings (SSSR count). The van der Waals surface area contributed by atoms with Crippen molar-refractivity contribution in [2.75, 3.05) is 40.3 Å². The summed E-state index contributed by atoms with van der Waals surface area (Å²) < 4.78 is 0. The Bertz CT molecular complexity index is 444. The lowest BCUT2D eigenvalue weighted by atomic mass is 9.99. The first-order valence-electron chi connectivity index (χ1n) is 7.67. The quantitative estimate of drug-likeness (QED) is 0.894. The molecule has 1 fully saturated rings. The third kappa shape index (κ3) is 3.60. The predicted octanol–water partition coefficient (Wildman–Crippen LogP) is 2.19. The van der Waals surface area contributed by atoms with Crippen LogP contribution in [0, 0.1) is 19.8 Å². The summed E-state index contributed by atoms with van der Waals surface area (Å²) in [5.74, 6) is 0.783. The summed E-state index contributed by atoms with van der Waals surface area (Å²) in [6.45, 7) is 8.61. The number of rotatable bonds is 5. The van der Waals surface area contributed by atoms with Crippen LogP contribution in [0.4, 0.5) is 0 Å². The first kappa shape index (κ1) is 15.5. The van der Waals surface area contributed by atoms with Gasteiger partial charge in [0.05, 0.1) is 0 Å². The molecule has 0 aromatic heterocycles. The zero-order chi connectivity index (χ0) is 14.7. The highest BCUT2D eigenvalue weighted by Crippen LogP contribution is 2.24. The van der Waals surface area contributed by atoms with Gasteiger partial charge < -0.3 is 10.6 Å². The van der Waals surface area contributed by atoms with Gasteiger partial charge in [-0.2, -0.15) is 0 Å². The molecule has 0 spiro atoms. The van der Waals surface area contributed by atoms with E-state index in [1.807, 2.05) is 0 Å². The van der Waals surface area contributed by atoms with Crippen LogP contribution in [0.2, 0.25) is 0 Å². The van der Waals surface area contributed by atoms with Gasteiger partial charge in [-0.15, -0.1) is 0 Å². The van der Waals surface area contributed by atoms with E-state index >= 15 is 0 Å². The third-order valence-electron chi connectivity index (χ3n) is 4.71. The highest BCUT2D eigenvalue weighted by Gasteiger charge is 2.24. The Labute approximate surface area is 123 Å². The van der Waals surface area contributed by atoms with Crippen LogP contribution in [0.15, 0.2) is 18.2 Å². The number of benzene rings is 1. The van der Waals surface area contributed by atoms with Crippen LogP contribution in [-0.4, -0.2) is 50.1 Å². The molecule has 0 radical (unpaired) electrons. The summed E-state index contributed by atoms with van der Waals surface area (Å²) in [6, 6.07) is 7.08. The van der Waals surface area contributed by atoms with Crippen molar-refractivity contribution in [2.45, 2.75) is 26.3 Å². The van der Waals surface area contributed by atoms with Crippen LogP contribution in [0.3, 0.4) is 0 Å². The SMILES string of the molecule is Cc1ccc(C(CN)N(C)CC2CCN(C)C2)cc1C. The average Bonchev–Trinajstić information content (AvgIpc) is 2.80. The van der Waals surface area contributed by atoms with Crippen molar-refractivity contribution < 1.29 is 0 Å². The van der Waals surface area contributed by atoms with E-state index in [1.54, 1.807) is 0 Å². The second kappa shape index (κ2) is 6.70. The second-order valence-corrected chi connectivity index (χ2v) is 6.45. The molecule has 3 nitrogen and oxygen atoms in total. The molecule has 20 heavy (non-hydrogen) atoms. The minimum Gasteiger partial charge on any atom is -0.329 e. The van der Waals surface area contributed by atoms with Gasteiger partial charge in [0.25, 0.3) is 0 Å². The van der Waals surface area contributed by atoms with Crippen molar-refractivity contribution in [1.29, 1.82) is 0 Å². The molecule has 1 aliphatic heterocycles. The van der Waals surface area contributed by atoms with Gasteiger partial charge in [0.2, 0.25) is 0 Å². The van der Waals surface area contributed by atoms with E-state index in [2.05, 4.69) is 55.9 Å². The van der Waals surface area contributed by atoms with E-state index in [0.717, 1.165) is 12.5 Å². The van der Waals surface area contributed by atoms with Gasteiger partial charge in [-0.1, -0.05) is 18.2 Å². The Balaban J connectivity index is 2.04. The van der Waals surface area contributed by atoms with Crippen LogP contribution >= 0.6 is 0 Å². The van der Waals surface area contributed by atoms with Crippen molar-refractivity contribution in [3.05, 3.63) is 34.9 Å². The lowest BCUT2D eigenvalue weighted by Gasteiger charge is -2.30. The zero-order valence-corrected chi connectivity index (χ0v) is 13.4. The molecule has 2 atom stereocenters. The smallest absolute Gasteiger partial charge is 0.0467 e. The molecule has 1 aliphatic rings. The molecule has 1 aromatic carbocycles. The largest absolute Gasteiger partial charge is 0.329 e. The van der Waals surface area contributed by atoms with Crippen molar-refractivity contribution in [3.8, 4) is 0 Å². The van der Waals surface area contributed by atoms with Crippen LogP contribution in [-0.2, 0) is 0 Å². The molecule has 0 aliphatic carbocycles. The molecule has 2 N–H and O–H groups in total. The summed E-state index contributed by atoms with van der Waals surface area (Å²) in [5.41, 5.74) is 10.1. The molecular formula is C17H29N3. The highest BCUT2D eigenvalue weighted by molar-refractivity contribution is 5.31.